The number of nitrogens with zero attached hydrogens (tertiary/aromatic N) is 2. The summed E-state index contributed by atoms with van der Waals surface area (Å²) in [6.45, 7) is 5.89. The van der Waals surface area contributed by atoms with Crippen molar-refractivity contribution in [3.63, 3.8) is 0 Å². The monoisotopic (exact) mass is 259 g/mol. The van der Waals surface area contributed by atoms with E-state index in [2.05, 4.69) is 30.3 Å². The number of benzene rings is 1. The highest BCUT2D eigenvalue weighted by molar-refractivity contribution is 5.38. The Morgan fingerprint density at radius 2 is 2.16 bits per heavy atom. The predicted molar refractivity (Wildman–Crippen MR) is 77.3 cm³/mol. The topological polar surface area (TPSA) is 50.1 Å². The smallest absolute Gasteiger partial charge is 0.148 e. The SMILES string of the molecule is CCCCn1nc(NCc2cccc(O)c2)cc1C. The number of aromatic hydroxyl groups is 1. The summed E-state index contributed by atoms with van der Waals surface area (Å²) in [4.78, 5) is 0. The lowest BCUT2D eigenvalue weighted by molar-refractivity contribution is 0.474. The average Bonchev–Trinajstić information content (AvgIpc) is 2.75. The molecule has 0 amide bonds. The Labute approximate surface area is 114 Å². The van der Waals surface area contributed by atoms with Gasteiger partial charge in [0.05, 0.1) is 0 Å². The molecule has 0 unspecified atom stereocenters. The lowest BCUT2D eigenvalue weighted by Gasteiger charge is -2.04. The molecule has 0 fully saturated rings. The molecule has 0 spiro atoms. The number of phenols is 1. The zero-order valence-corrected chi connectivity index (χ0v) is 11.6. The lowest BCUT2D eigenvalue weighted by Crippen LogP contribution is -2.04. The van der Waals surface area contributed by atoms with Crippen molar-refractivity contribution < 1.29 is 5.11 Å². The minimum absolute atomic E-state index is 0.295. The average molecular weight is 259 g/mol. The molecule has 4 heteroatoms. The molecular formula is C15H21N3O. The van der Waals surface area contributed by atoms with Crippen LogP contribution in [0.2, 0.25) is 0 Å². The molecule has 0 saturated carbocycles. The van der Waals surface area contributed by atoms with Gasteiger partial charge < -0.3 is 10.4 Å². The Morgan fingerprint density at radius 3 is 2.89 bits per heavy atom. The second-order valence-corrected chi connectivity index (χ2v) is 4.77. The van der Waals surface area contributed by atoms with Gasteiger partial charge in [0.1, 0.15) is 11.6 Å². The summed E-state index contributed by atoms with van der Waals surface area (Å²) < 4.78 is 2.04. The van der Waals surface area contributed by atoms with Gasteiger partial charge in [-0.2, -0.15) is 5.10 Å². The Kier molecular flexibility index (Phi) is 4.44. The van der Waals surface area contributed by atoms with E-state index in [9.17, 15) is 5.11 Å². The van der Waals surface area contributed by atoms with Crippen LogP contribution >= 0.6 is 0 Å². The first-order valence-electron chi connectivity index (χ1n) is 6.75. The summed E-state index contributed by atoms with van der Waals surface area (Å²) in [7, 11) is 0. The summed E-state index contributed by atoms with van der Waals surface area (Å²) in [5.41, 5.74) is 2.22. The second kappa shape index (κ2) is 6.27. The zero-order chi connectivity index (χ0) is 13.7. The van der Waals surface area contributed by atoms with Crippen LogP contribution in [0.15, 0.2) is 30.3 Å². The van der Waals surface area contributed by atoms with Crippen LogP contribution in [0.3, 0.4) is 0 Å². The first kappa shape index (κ1) is 13.5. The van der Waals surface area contributed by atoms with E-state index in [4.69, 9.17) is 0 Å². The maximum absolute atomic E-state index is 9.41. The minimum Gasteiger partial charge on any atom is -0.508 e. The fourth-order valence-corrected chi connectivity index (χ4v) is 1.99. The molecule has 2 N–H and O–H groups in total. The van der Waals surface area contributed by atoms with Gasteiger partial charge in [0.2, 0.25) is 0 Å². The van der Waals surface area contributed by atoms with Crippen molar-refractivity contribution in [1.29, 1.82) is 0 Å². The Balaban J connectivity index is 1.96. The number of nitrogens with one attached hydrogen (secondary N) is 1. The molecule has 4 nitrogen and oxygen atoms in total. The molecular weight excluding hydrogens is 238 g/mol. The normalized spacial score (nSPS) is 10.6. The van der Waals surface area contributed by atoms with Crippen LogP contribution < -0.4 is 5.32 Å². The first-order valence-corrected chi connectivity index (χ1v) is 6.75. The van der Waals surface area contributed by atoms with Gasteiger partial charge in [0, 0.05) is 24.8 Å². The Hall–Kier alpha value is -1.97. The molecule has 0 radical (unpaired) electrons. The van der Waals surface area contributed by atoms with Crippen molar-refractivity contribution in [1.82, 2.24) is 9.78 Å². The van der Waals surface area contributed by atoms with Crippen molar-refractivity contribution in [2.24, 2.45) is 0 Å². The molecule has 19 heavy (non-hydrogen) atoms. The predicted octanol–water partition coefficient (Wildman–Crippen LogP) is 3.31. The van der Waals surface area contributed by atoms with E-state index in [0.29, 0.717) is 12.3 Å². The third kappa shape index (κ3) is 3.74. The quantitative estimate of drug-likeness (QED) is 0.836. The van der Waals surface area contributed by atoms with Crippen molar-refractivity contribution in [3.8, 4) is 5.75 Å². The lowest BCUT2D eigenvalue weighted by atomic mass is 10.2. The molecule has 0 aliphatic rings. The standard InChI is InChI=1S/C15H21N3O/c1-3-4-8-18-12(2)9-15(17-18)16-11-13-6-5-7-14(19)10-13/h5-7,9-10,19H,3-4,8,11H2,1-2H3,(H,16,17). The highest BCUT2D eigenvalue weighted by Gasteiger charge is 2.03. The van der Waals surface area contributed by atoms with Gasteiger partial charge in [-0.3, -0.25) is 4.68 Å². The van der Waals surface area contributed by atoms with E-state index >= 15 is 0 Å². The summed E-state index contributed by atoms with van der Waals surface area (Å²) in [6, 6.07) is 9.31. The van der Waals surface area contributed by atoms with E-state index in [-0.39, 0.29) is 0 Å². The third-order valence-corrected chi connectivity index (χ3v) is 3.09. The van der Waals surface area contributed by atoms with Crippen LogP contribution in [0.1, 0.15) is 31.0 Å². The number of unbranched alkanes of at least 4 members (excludes halogenated alkanes) is 1. The van der Waals surface area contributed by atoms with Gasteiger partial charge in [0.25, 0.3) is 0 Å². The Morgan fingerprint density at radius 1 is 1.32 bits per heavy atom. The summed E-state index contributed by atoms with van der Waals surface area (Å²) >= 11 is 0. The van der Waals surface area contributed by atoms with Crippen molar-refractivity contribution in [2.45, 2.75) is 39.8 Å². The van der Waals surface area contributed by atoms with Gasteiger partial charge in [-0.25, -0.2) is 0 Å². The van der Waals surface area contributed by atoms with Crippen LogP contribution in [-0.4, -0.2) is 14.9 Å². The molecule has 1 aromatic heterocycles. The molecule has 0 bridgehead atoms. The molecule has 1 aromatic carbocycles. The largest absolute Gasteiger partial charge is 0.508 e. The van der Waals surface area contributed by atoms with Gasteiger partial charge in [-0.15, -0.1) is 0 Å². The highest BCUT2D eigenvalue weighted by Crippen LogP contribution is 2.14. The maximum Gasteiger partial charge on any atom is 0.148 e. The number of aromatic nitrogens is 2. The number of hydrogen-bond donors (Lipinski definition) is 2. The molecule has 102 valence electrons. The molecule has 2 rings (SSSR count). The first-order chi connectivity index (χ1) is 9.19. The zero-order valence-electron chi connectivity index (χ0n) is 11.6. The van der Waals surface area contributed by atoms with Crippen molar-refractivity contribution in [3.05, 3.63) is 41.6 Å². The summed E-state index contributed by atoms with van der Waals surface area (Å²) in [6.07, 6.45) is 2.32. The molecule has 0 saturated heterocycles. The fourth-order valence-electron chi connectivity index (χ4n) is 1.99. The van der Waals surface area contributed by atoms with Crippen LogP contribution in [0.4, 0.5) is 5.82 Å². The summed E-state index contributed by atoms with van der Waals surface area (Å²) in [5, 5.41) is 17.2. The molecule has 0 atom stereocenters. The van der Waals surface area contributed by atoms with E-state index in [0.717, 1.165) is 24.3 Å². The highest BCUT2D eigenvalue weighted by atomic mass is 16.3. The summed E-state index contributed by atoms with van der Waals surface area (Å²) in [5.74, 6) is 1.18. The van der Waals surface area contributed by atoms with Crippen LogP contribution in [-0.2, 0) is 13.1 Å². The van der Waals surface area contributed by atoms with E-state index in [1.54, 1.807) is 12.1 Å². The minimum atomic E-state index is 0.295. The maximum atomic E-state index is 9.41. The number of anilines is 1. The third-order valence-electron chi connectivity index (χ3n) is 3.09. The molecule has 0 aliphatic heterocycles. The van der Waals surface area contributed by atoms with Gasteiger partial charge in [-0.1, -0.05) is 25.5 Å². The van der Waals surface area contributed by atoms with Crippen LogP contribution in [0.5, 0.6) is 5.75 Å². The van der Waals surface area contributed by atoms with E-state index in [1.165, 1.54) is 12.1 Å². The van der Waals surface area contributed by atoms with Crippen molar-refractivity contribution in [2.75, 3.05) is 5.32 Å². The number of rotatable bonds is 6. The Bertz CT molecular complexity index is 534. The number of aryl methyl sites for hydroxylation is 2. The molecule has 2 aromatic rings. The van der Waals surface area contributed by atoms with Crippen LogP contribution in [0.25, 0.3) is 0 Å². The van der Waals surface area contributed by atoms with E-state index in [1.807, 2.05) is 16.8 Å². The number of hydrogen-bond acceptors (Lipinski definition) is 3. The van der Waals surface area contributed by atoms with Gasteiger partial charge in [0.15, 0.2) is 0 Å². The molecule has 1 heterocycles. The second-order valence-electron chi connectivity index (χ2n) is 4.77. The van der Waals surface area contributed by atoms with Gasteiger partial charge >= 0.3 is 0 Å². The van der Waals surface area contributed by atoms with Gasteiger partial charge in [-0.05, 0) is 31.0 Å². The van der Waals surface area contributed by atoms with Crippen LogP contribution in [0, 0.1) is 6.92 Å². The molecule has 0 aliphatic carbocycles. The van der Waals surface area contributed by atoms with E-state index < -0.39 is 0 Å². The number of phenolic OH excluding ortho intramolecular Hbond substituents is 1. The van der Waals surface area contributed by atoms with Crippen molar-refractivity contribution >= 4 is 5.82 Å². The fraction of sp³-hybridized carbons (Fsp3) is 0.400.